The molecule has 0 bridgehead atoms. The minimum Gasteiger partial charge on any atom is -0.394 e. The maximum absolute atomic E-state index is 14.2. The third-order valence-corrected chi connectivity index (χ3v) is 8.19. The van der Waals surface area contributed by atoms with Gasteiger partial charge in [0.15, 0.2) is 0 Å². The zero-order chi connectivity index (χ0) is 27.4. The van der Waals surface area contributed by atoms with Gasteiger partial charge in [-0.2, -0.15) is 0 Å². The number of anilines is 1. The Labute approximate surface area is 229 Å². The molecule has 2 aromatic rings. The molecule has 4 rings (SSSR count). The van der Waals surface area contributed by atoms with Gasteiger partial charge in [0.25, 0.3) is 0 Å². The summed E-state index contributed by atoms with van der Waals surface area (Å²) in [5.74, 6) is -2.80. The highest BCUT2D eigenvalue weighted by Gasteiger charge is 2.58. The van der Waals surface area contributed by atoms with Crippen molar-refractivity contribution in [2.24, 2.45) is 23.7 Å². The Morgan fingerprint density at radius 1 is 1.08 bits per heavy atom. The van der Waals surface area contributed by atoms with Crippen LogP contribution in [0.1, 0.15) is 30.9 Å². The lowest BCUT2D eigenvalue weighted by Gasteiger charge is -2.34. The summed E-state index contributed by atoms with van der Waals surface area (Å²) in [6.45, 7) is 3.58. The fourth-order valence-electron chi connectivity index (χ4n) is 6.10. The molecule has 1 aliphatic carbocycles. The lowest BCUT2D eigenvalue weighted by atomic mass is 9.68. The van der Waals surface area contributed by atoms with Gasteiger partial charge in [-0.1, -0.05) is 79.6 Å². The lowest BCUT2D eigenvalue weighted by molar-refractivity contribution is -0.142. The Bertz CT molecular complexity index is 1180. The van der Waals surface area contributed by atoms with Crippen LogP contribution in [0.5, 0.6) is 0 Å². The minimum atomic E-state index is -0.907. The highest BCUT2D eigenvalue weighted by atomic mass is 35.5. The molecule has 0 saturated carbocycles. The number of allylic oxidation sites excluding steroid dienone is 1. The SMILES string of the molecule is CCC[C@@H]1C=C[C@H]2[C@@H](C(=O)N([C@@H](CO)Cc3ccccc3)[C@@H]2C(=O)Nc2c(C)cccc2Cl)[C@@H]1C(=O)NC. The van der Waals surface area contributed by atoms with Crippen LogP contribution in [0.2, 0.25) is 5.02 Å². The molecule has 1 heterocycles. The van der Waals surface area contributed by atoms with Gasteiger partial charge in [0.05, 0.1) is 35.2 Å². The molecule has 38 heavy (non-hydrogen) atoms. The van der Waals surface area contributed by atoms with Crippen LogP contribution in [0.4, 0.5) is 5.69 Å². The van der Waals surface area contributed by atoms with E-state index in [0.29, 0.717) is 17.1 Å². The van der Waals surface area contributed by atoms with Crippen LogP contribution in [-0.4, -0.2) is 53.5 Å². The number of aliphatic hydroxyl groups is 1. The van der Waals surface area contributed by atoms with Gasteiger partial charge in [0.1, 0.15) is 6.04 Å². The number of carbonyl (C=O) groups excluding carboxylic acids is 3. The van der Waals surface area contributed by atoms with Crippen molar-refractivity contribution < 1.29 is 19.5 Å². The van der Waals surface area contributed by atoms with E-state index in [2.05, 4.69) is 10.6 Å². The average molecular weight is 538 g/mol. The molecule has 3 amide bonds. The van der Waals surface area contributed by atoms with Crippen LogP contribution in [-0.2, 0) is 20.8 Å². The average Bonchev–Trinajstić information content (AvgIpc) is 3.21. The van der Waals surface area contributed by atoms with E-state index < -0.39 is 29.8 Å². The second kappa shape index (κ2) is 12.1. The topological polar surface area (TPSA) is 98.7 Å². The van der Waals surface area contributed by atoms with Gasteiger partial charge < -0.3 is 20.6 Å². The molecule has 3 N–H and O–H groups in total. The third kappa shape index (κ3) is 5.36. The van der Waals surface area contributed by atoms with Gasteiger partial charge in [-0.05, 0) is 42.9 Å². The monoisotopic (exact) mass is 537 g/mol. The maximum atomic E-state index is 14.2. The van der Waals surface area contributed by atoms with Crippen molar-refractivity contribution in [1.29, 1.82) is 0 Å². The van der Waals surface area contributed by atoms with Crippen molar-refractivity contribution in [3.63, 3.8) is 0 Å². The number of likely N-dealkylation sites (tertiary alicyclic amines) is 1. The van der Waals surface area contributed by atoms with E-state index in [1.165, 1.54) is 4.90 Å². The van der Waals surface area contributed by atoms with E-state index in [4.69, 9.17) is 11.6 Å². The molecule has 7 nitrogen and oxygen atoms in total. The molecule has 0 unspecified atom stereocenters. The molecule has 0 spiro atoms. The predicted octanol–water partition coefficient (Wildman–Crippen LogP) is 3.98. The molecule has 1 saturated heterocycles. The number of nitrogens with zero attached hydrogens (tertiary/aromatic N) is 1. The van der Waals surface area contributed by atoms with Crippen molar-refractivity contribution in [1.82, 2.24) is 10.2 Å². The minimum absolute atomic E-state index is 0.110. The summed E-state index contributed by atoms with van der Waals surface area (Å²) in [5.41, 5.74) is 2.23. The number of benzene rings is 2. The second-order valence-corrected chi connectivity index (χ2v) is 10.6. The molecule has 1 aliphatic heterocycles. The molecule has 202 valence electrons. The Kier molecular flexibility index (Phi) is 8.90. The van der Waals surface area contributed by atoms with Gasteiger partial charge in [-0.15, -0.1) is 0 Å². The normalized spacial score (nSPS) is 25.1. The molecular formula is C30H36ClN3O4. The Morgan fingerprint density at radius 2 is 1.82 bits per heavy atom. The van der Waals surface area contributed by atoms with Crippen molar-refractivity contribution in [2.75, 3.05) is 19.0 Å². The van der Waals surface area contributed by atoms with Gasteiger partial charge in [-0.3, -0.25) is 14.4 Å². The standard InChI is InChI=1S/C30H36ClN3O4/c1-4-9-20-14-15-22-25(24(20)28(36)32-3)30(38)34(21(17-35)16-19-11-6-5-7-12-19)27(22)29(37)33-26-18(2)10-8-13-23(26)31/h5-8,10-15,20-22,24-25,27,35H,4,9,16-17H2,1-3H3,(H,32,36)(H,33,37)/t20-,21-,22+,24-,25-,27+/m1/s1. The largest absolute Gasteiger partial charge is 0.394 e. The number of carbonyl (C=O) groups is 3. The molecule has 2 aliphatic rings. The number of nitrogens with one attached hydrogen (secondary N) is 2. The fourth-order valence-corrected chi connectivity index (χ4v) is 6.37. The van der Waals surface area contributed by atoms with Gasteiger partial charge in [0.2, 0.25) is 17.7 Å². The summed E-state index contributed by atoms with van der Waals surface area (Å²) in [4.78, 5) is 42.9. The maximum Gasteiger partial charge on any atom is 0.247 e. The molecule has 6 atom stereocenters. The van der Waals surface area contributed by atoms with E-state index in [1.54, 1.807) is 13.1 Å². The van der Waals surface area contributed by atoms with Crippen molar-refractivity contribution in [2.45, 2.75) is 45.2 Å². The van der Waals surface area contributed by atoms with E-state index in [0.717, 1.165) is 24.0 Å². The smallest absolute Gasteiger partial charge is 0.247 e. The summed E-state index contributed by atoms with van der Waals surface area (Å²) in [6.07, 6.45) is 5.93. The number of aryl methyl sites for hydroxylation is 1. The zero-order valence-electron chi connectivity index (χ0n) is 22.1. The van der Waals surface area contributed by atoms with Crippen LogP contribution in [0.25, 0.3) is 0 Å². The quantitative estimate of drug-likeness (QED) is 0.421. The van der Waals surface area contributed by atoms with Crippen LogP contribution in [0.15, 0.2) is 60.7 Å². The number of hydrogen-bond acceptors (Lipinski definition) is 4. The van der Waals surface area contributed by atoms with Gasteiger partial charge in [0, 0.05) is 13.0 Å². The Balaban J connectivity index is 1.78. The fraction of sp³-hybridized carbons (Fsp3) is 0.433. The molecule has 0 radical (unpaired) electrons. The van der Waals surface area contributed by atoms with Crippen LogP contribution < -0.4 is 10.6 Å². The molecule has 0 aromatic heterocycles. The van der Waals surface area contributed by atoms with Crippen LogP contribution in [0.3, 0.4) is 0 Å². The van der Waals surface area contributed by atoms with E-state index >= 15 is 0 Å². The highest BCUT2D eigenvalue weighted by Crippen LogP contribution is 2.46. The number of hydrogen-bond donors (Lipinski definition) is 3. The van der Waals surface area contributed by atoms with Crippen molar-refractivity contribution in [3.8, 4) is 0 Å². The first-order chi connectivity index (χ1) is 18.3. The predicted molar refractivity (Wildman–Crippen MR) is 149 cm³/mol. The van der Waals surface area contributed by atoms with Crippen molar-refractivity contribution in [3.05, 3.63) is 76.8 Å². The van der Waals surface area contributed by atoms with E-state index in [9.17, 15) is 19.5 Å². The summed E-state index contributed by atoms with van der Waals surface area (Å²) in [6, 6.07) is 13.4. The zero-order valence-corrected chi connectivity index (χ0v) is 22.8. The van der Waals surface area contributed by atoms with Gasteiger partial charge in [-0.25, -0.2) is 0 Å². The Morgan fingerprint density at radius 3 is 2.45 bits per heavy atom. The first kappa shape index (κ1) is 27.9. The van der Waals surface area contributed by atoms with Crippen molar-refractivity contribution >= 4 is 35.0 Å². The molecule has 1 fully saturated rings. The lowest BCUT2D eigenvalue weighted by Crippen LogP contribution is -2.51. The second-order valence-electron chi connectivity index (χ2n) is 10.2. The number of rotatable bonds is 9. The molecular weight excluding hydrogens is 502 g/mol. The number of halogens is 1. The van der Waals surface area contributed by atoms with E-state index in [-0.39, 0.29) is 30.2 Å². The highest BCUT2D eigenvalue weighted by molar-refractivity contribution is 6.34. The van der Waals surface area contributed by atoms with Gasteiger partial charge >= 0.3 is 0 Å². The summed E-state index contributed by atoms with van der Waals surface area (Å²) < 4.78 is 0. The first-order valence-corrected chi connectivity index (χ1v) is 13.6. The number of para-hydroxylation sites is 1. The molecule has 8 heteroatoms. The summed E-state index contributed by atoms with van der Waals surface area (Å²) in [5, 5.41) is 16.6. The summed E-state index contributed by atoms with van der Waals surface area (Å²) in [7, 11) is 1.58. The molecule has 2 aromatic carbocycles. The first-order valence-electron chi connectivity index (χ1n) is 13.2. The Hall–Kier alpha value is -3.16. The third-order valence-electron chi connectivity index (χ3n) is 7.88. The number of aliphatic hydroxyl groups excluding tert-OH is 1. The number of fused-ring (bicyclic) bond motifs is 1. The summed E-state index contributed by atoms with van der Waals surface area (Å²) >= 11 is 6.42. The van der Waals surface area contributed by atoms with Crippen LogP contribution in [0, 0.1) is 30.6 Å². The van der Waals surface area contributed by atoms with Crippen LogP contribution >= 0.6 is 11.6 Å². The number of amides is 3. The van der Waals surface area contributed by atoms with E-state index in [1.807, 2.05) is 68.5 Å².